The molecule has 0 atom stereocenters. The number of para-hydroxylation sites is 1. The van der Waals surface area contributed by atoms with Crippen molar-refractivity contribution in [2.45, 2.75) is 6.92 Å². The predicted molar refractivity (Wildman–Crippen MR) is 55.9 cm³/mol. The highest BCUT2D eigenvalue weighted by atomic mass is 35.5. The van der Waals surface area contributed by atoms with Crippen LogP contribution in [0.3, 0.4) is 0 Å². The number of nitrogens with zero attached hydrogens (tertiary/aromatic N) is 2. The Labute approximate surface area is 91.8 Å². The highest BCUT2D eigenvalue weighted by Crippen LogP contribution is 2.28. The van der Waals surface area contributed by atoms with Gasteiger partial charge in [-0.25, -0.2) is 0 Å². The van der Waals surface area contributed by atoms with Crippen LogP contribution in [0.5, 0.6) is 5.75 Å². The van der Waals surface area contributed by atoms with Crippen molar-refractivity contribution in [1.29, 1.82) is 0 Å². The summed E-state index contributed by atoms with van der Waals surface area (Å²) in [5, 5.41) is 3.61. The summed E-state index contributed by atoms with van der Waals surface area (Å²) >= 11 is 5.58. The second-order valence-corrected chi connectivity index (χ2v) is 3.14. The van der Waals surface area contributed by atoms with E-state index in [1.165, 1.54) is 0 Å². The van der Waals surface area contributed by atoms with E-state index in [1.807, 2.05) is 31.2 Å². The third-order valence-corrected chi connectivity index (χ3v) is 1.97. The highest BCUT2D eigenvalue weighted by molar-refractivity contribution is 6.28. The van der Waals surface area contributed by atoms with Crippen LogP contribution in [0.2, 0.25) is 5.28 Å². The van der Waals surface area contributed by atoms with E-state index in [0.717, 1.165) is 5.56 Å². The van der Waals surface area contributed by atoms with Crippen molar-refractivity contribution in [1.82, 2.24) is 10.1 Å². The van der Waals surface area contributed by atoms with Crippen molar-refractivity contribution in [3.05, 3.63) is 29.5 Å². The molecule has 0 spiro atoms. The second-order valence-electron chi connectivity index (χ2n) is 2.80. The van der Waals surface area contributed by atoms with Crippen molar-refractivity contribution in [3.8, 4) is 17.2 Å². The molecule has 78 valence electrons. The number of hydrogen-bond acceptors (Lipinski definition) is 4. The summed E-state index contributed by atoms with van der Waals surface area (Å²) < 4.78 is 10.4. The average molecular weight is 225 g/mol. The molecule has 15 heavy (non-hydrogen) atoms. The average Bonchev–Trinajstić information content (AvgIpc) is 2.66. The number of halogens is 1. The van der Waals surface area contributed by atoms with Crippen LogP contribution in [0, 0.1) is 0 Å². The first-order valence-corrected chi connectivity index (χ1v) is 4.90. The smallest absolute Gasteiger partial charge is 0.264 e. The van der Waals surface area contributed by atoms with E-state index >= 15 is 0 Å². The van der Waals surface area contributed by atoms with E-state index in [2.05, 4.69) is 10.1 Å². The topological polar surface area (TPSA) is 48.2 Å². The zero-order valence-electron chi connectivity index (χ0n) is 8.11. The molecule has 5 heteroatoms. The fraction of sp³-hybridized carbons (Fsp3) is 0.200. The molecule has 0 saturated heterocycles. The maximum atomic E-state index is 5.58. The lowest BCUT2D eigenvalue weighted by Gasteiger charge is -2.05. The van der Waals surface area contributed by atoms with Gasteiger partial charge in [-0.05, 0) is 35.8 Å². The van der Waals surface area contributed by atoms with Gasteiger partial charge < -0.3 is 9.26 Å². The van der Waals surface area contributed by atoms with Crippen LogP contribution in [-0.2, 0) is 0 Å². The molecule has 1 heterocycles. The van der Waals surface area contributed by atoms with E-state index in [0.29, 0.717) is 18.2 Å². The molecule has 0 aliphatic rings. The first-order valence-electron chi connectivity index (χ1n) is 4.52. The lowest BCUT2D eigenvalue weighted by Crippen LogP contribution is -1.93. The molecular weight excluding hydrogens is 216 g/mol. The summed E-state index contributed by atoms with van der Waals surface area (Å²) in [6.45, 7) is 2.50. The van der Waals surface area contributed by atoms with Gasteiger partial charge in [0.1, 0.15) is 5.75 Å². The van der Waals surface area contributed by atoms with Crippen LogP contribution < -0.4 is 4.74 Å². The number of hydrogen-bond donors (Lipinski definition) is 0. The van der Waals surface area contributed by atoms with Gasteiger partial charge in [0.25, 0.3) is 11.2 Å². The van der Waals surface area contributed by atoms with Crippen molar-refractivity contribution in [2.24, 2.45) is 0 Å². The minimum Gasteiger partial charge on any atom is -0.493 e. The van der Waals surface area contributed by atoms with Crippen molar-refractivity contribution in [3.63, 3.8) is 0 Å². The third-order valence-electron chi connectivity index (χ3n) is 1.82. The van der Waals surface area contributed by atoms with Crippen molar-refractivity contribution in [2.75, 3.05) is 6.61 Å². The van der Waals surface area contributed by atoms with Crippen molar-refractivity contribution < 1.29 is 9.26 Å². The first kappa shape index (κ1) is 9.98. The van der Waals surface area contributed by atoms with Gasteiger partial charge in [0, 0.05) is 0 Å². The summed E-state index contributed by atoms with van der Waals surface area (Å²) in [6.07, 6.45) is 0. The van der Waals surface area contributed by atoms with E-state index in [4.69, 9.17) is 20.9 Å². The Balaban J connectivity index is 2.42. The molecule has 1 aromatic heterocycles. The molecule has 4 nitrogen and oxygen atoms in total. The van der Waals surface area contributed by atoms with E-state index < -0.39 is 0 Å². The Morgan fingerprint density at radius 3 is 2.87 bits per heavy atom. The molecule has 0 aliphatic heterocycles. The SMILES string of the molecule is CCOc1ccccc1-c1nc(Cl)no1. The molecule has 0 fully saturated rings. The molecule has 1 aromatic carbocycles. The van der Waals surface area contributed by atoms with Crippen LogP contribution in [0.25, 0.3) is 11.5 Å². The predicted octanol–water partition coefficient (Wildman–Crippen LogP) is 2.79. The van der Waals surface area contributed by atoms with E-state index in [-0.39, 0.29) is 5.28 Å². The maximum absolute atomic E-state index is 5.58. The molecule has 0 N–H and O–H groups in total. The number of rotatable bonds is 3. The van der Waals surface area contributed by atoms with Crippen molar-refractivity contribution >= 4 is 11.6 Å². The summed E-state index contributed by atoms with van der Waals surface area (Å²) in [5.41, 5.74) is 0.749. The van der Waals surface area contributed by atoms with Crippen LogP contribution in [0.15, 0.2) is 28.8 Å². The fourth-order valence-electron chi connectivity index (χ4n) is 1.24. The minimum atomic E-state index is 0.0938. The lowest BCUT2D eigenvalue weighted by molar-refractivity contribution is 0.339. The summed E-state index contributed by atoms with van der Waals surface area (Å²) in [4.78, 5) is 3.93. The Morgan fingerprint density at radius 2 is 2.20 bits per heavy atom. The van der Waals surface area contributed by atoms with Gasteiger partial charge in [0.2, 0.25) is 0 Å². The zero-order chi connectivity index (χ0) is 10.7. The Morgan fingerprint density at radius 1 is 1.40 bits per heavy atom. The summed E-state index contributed by atoms with van der Waals surface area (Å²) in [7, 11) is 0. The monoisotopic (exact) mass is 224 g/mol. The molecule has 0 aliphatic carbocycles. The number of ether oxygens (including phenoxy) is 1. The zero-order valence-corrected chi connectivity index (χ0v) is 8.86. The molecular formula is C10H9ClN2O2. The molecule has 0 radical (unpaired) electrons. The van der Waals surface area contributed by atoms with Gasteiger partial charge >= 0.3 is 0 Å². The van der Waals surface area contributed by atoms with Gasteiger partial charge in [-0.2, -0.15) is 4.98 Å². The Kier molecular flexibility index (Phi) is 2.87. The summed E-state index contributed by atoms with van der Waals surface area (Å²) in [5.74, 6) is 1.07. The van der Waals surface area contributed by atoms with Crippen LogP contribution >= 0.6 is 11.6 Å². The molecule has 0 unspecified atom stereocenters. The van der Waals surface area contributed by atoms with E-state index in [1.54, 1.807) is 0 Å². The quantitative estimate of drug-likeness (QED) is 0.804. The molecule has 0 saturated carbocycles. The summed E-state index contributed by atoms with van der Waals surface area (Å²) in [6, 6.07) is 7.44. The molecule has 0 amide bonds. The number of benzene rings is 1. The fourth-order valence-corrected chi connectivity index (χ4v) is 1.35. The van der Waals surface area contributed by atoms with Crippen LogP contribution in [0.4, 0.5) is 0 Å². The van der Waals surface area contributed by atoms with Gasteiger partial charge in [-0.15, -0.1) is 0 Å². The van der Waals surface area contributed by atoms with Gasteiger partial charge in [-0.1, -0.05) is 12.1 Å². The van der Waals surface area contributed by atoms with Gasteiger partial charge in [-0.3, -0.25) is 0 Å². The van der Waals surface area contributed by atoms with E-state index in [9.17, 15) is 0 Å². The second kappa shape index (κ2) is 4.31. The highest BCUT2D eigenvalue weighted by Gasteiger charge is 2.11. The first-order chi connectivity index (χ1) is 7.31. The van der Waals surface area contributed by atoms with Crippen LogP contribution in [0.1, 0.15) is 6.92 Å². The molecule has 2 rings (SSSR count). The normalized spacial score (nSPS) is 10.3. The minimum absolute atomic E-state index is 0.0938. The third kappa shape index (κ3) is 2.10. The lowest BCUT2D eigenvalue weighted by atomic mass is 10.2. The Bertz CT molecular complexity index is 456. The van der Waals surface area contributed by atoms with Gasteiger partial charge in [0.15, 0.2) is 0 Å². The number of aromatic nitrogens is 2. The molecule has 2 aromatic rings. The standard InChI is InChI=1S/C10H9ClN2O2/c1-2-14-8-6-4-3-5-7(8)9-12-10(11)13-15-9/h3-6H,2H2,1H3. The largest absolute Gasteiger partial charge is 0.493 e. The maximum Gasteiger partial charge on any atom is 0.264 e. The van der Waals surface area contributed by atoms with Gasteiger partial charge in [0.05, 0.1) is 12.2 Å². The Hall–Kier alpha value is -1.55. The molecule has 0 bridgehead atoms. The van der Waals surface area contributed by atoms with Crippen LogP contribution in [-0.4, -0.2) is 16.7 Å².